The highest BCUT2D eigenvalue weighted by molar-refractivity contribution is 7.11. The molecule has 2 N–H and O–H groups in total. The summed E-state index contributed by atoms with van der Waals surface area (Å²) in [6.45, 7) is 5.01. The molecule has 0 spiro atoms. The van der Waals surface area contributed by atoms with E-state index >= 15 is 0 Å². The van der Waals surface area contributed by atoms with Crippen molar-refractivity contribution in [3.63, 3.8) is 0 Å². The van der Waals surface area contributed by atoms with Gasteiger partial charge < -0.3 is 10.4 Å². The van der Waals surface area contributed by atoms with E-state index in [4.69, 9.17) is 0 Å². The smallest absolute Gasteiger partial charge is 0.115 e. The lowest BCUT2D eigenvalue weighted by Crippen LogP contribution is -2.19. The predicted molar refractivity (Wildman–Crippen MR) is 74.8 cm³/mol. The summed E-state index contributed by atoms with van der Waals surface area (Å²) in [5, 5.41) is 13.9. The van der Waals surface area contributed by atoms with Gasteiger partial charge in [0.25, 0.3) is 0 Å². The topological polar surface area (TPSA) is 45.2 Å². The molecule has 2 aromatic rings. The van der Waals surface area contributed by atoms with E-state index in [2.05, 4.69) is 17.2 Å². The van der Waals surface area contributed by atoms with Crippen LogP contribution in [0.3, 0.4) is 0 Å². The van der Waals surface area contributed by atoms with Crippen molar-refractivity contribution in [1.29, 1.82) is 0 Å². The summed E-state index contributed by atoms with van der Waals surface area (Å²) in [7, 11) is 0. The second-order valence-corrected chi connectivity index (χ2v) is 5.60. The summed E-state index contributed by atoms with van der Waals surface area (Å²) in [6, 6.07) is 7.71. The van der Waals surface area contributed by atoms with Crippen LogP contribution >= 0.6 is 11.3 Å². The molecule has 1 atom stereocenters. The summed E-state index contributed by atoms with van der Waals surface area (Å²) in [4.78, 5) is 5.50. The molecule has 0 aliphatic heterocycles. The quantitative estimate of drug-likeness (QED) is 0.868. The van der Waals surface area contributed by atoms with Crippen LogP contribution in [-0.4, -0.2) is 10.1 Å². The van der Waals surface area contributed by atoms with Gasteiger partial charge in [-0.05, 0) is 31.0 Å². The Kier molecular flexibility index (Phi) is 4.33. The minimum absolute atomic E-state index is 0.312. The van der Waals surface area contributed by atoms with Crippen molar-refractivity contribution in [2.75, 3.05) is 0 Å². The van der Waals surface area contributed by atoms with Crippen LogP contribution in [-0.2, 0) is 6.54 Å². The zero-order valence-corrected chi connectivity index (χ0v) is 11.5. The number of aromatic nitrogens is 1. The molecule has 1 aromatic carbocycles. The summed E-state index contributed by atoms with van der Waals surface area (Å²) in [5.74, 6) is 0.312. The minimum Gasteiger partial charge on any atom is -0.508 e. The molecule has 0 radical (unpaired) electrons. The number of aromatic hydroxyl groups is 1. The van der Waals surface area contributed by atoms with Gasteiger partial charge in [0, 0.05) is 23.7 Å². The van der Waals surface area contributed by atoms with E-state index in [1.165, 1.54) is 10.4 Å². The van der Waals surface area contributed by atoms with Gasteiger partial charge in [-0.2, -0.15) is 0 Å². The van der Waals surface area contributed by atoms with Gasteiger partial charge >= 0.3 is 0 Å². The molecule has 1 unspecified atom stereocenters. The molecule has 3 nitrogen and oxygen atoms in total. The van der Waals surface area contributed by atoms with Gasteiger partial charge in [-0.15, -0.1) is 11.3 Å². The number of hydrogen-bond donors (Lipinski definition) is 2. The van der Waals surface area contributed by atoms with E-state index < -0.39 is 0 Å². The first kappa shape index (κ1) is 13.1. The second-order valence-electron chi connectivity index (χ2n) is 4.28. The lowest BCUT2D eigenvalue weighted by Gasteiger charge is -2.16. The fraction of sp³-hybridized carbons (Fsp3) is 0.357. The van der Waals surface area contributed by atoms with Gasteiger partial charge in [-0.3, -0.25) is 0 Å². The molecular weight excluding hydrogens is 244 g/mol. The Labute approximate surface area is 112 Å². The fourth-order valence-electron chi connectivity index (χ4n) is 1.92. The lowest BCUT2D eigenvalue weighted by molar-refractivity contribution is 0.473. The minimum atomic E-state index is 0.312. The highest BCUT2D eigenvalue weighted by atomic mass is 32.1. The van der Waals surface area contributed by atoms with E-state index in [9.17, 15) is 5.11 Å². The molecule has 0 fully saturated rings. The molecule has 0 amide bonds. The number of hydrogen-bond acceptors (Lipinski definition) is 4. The lowest BCUT2D eigenvalue weighted by atomic mass is 10.0. The fourth-order valence-corrected chi connectivity index (χ4v) is 2.66. The van der Waals surface area contributed by atoms with Gasteiger partial charge in [0.05, 0.1) is 5.01 Å². The third-order valence-corrected chi connectivity index (χ3v) is 3.81. The summed E-state index contributed by atoms with van der Waals surface area (Å²) < 4.78 is 0. The maximum absolute atomic E-state index is 9.29. The Morgan fingerprint density at radius 1 is 1.33 bits per heavy atom. The van der Waals surface area contributed by atoms with Crippen molar-refractivity contribution < 1.29 is 5.11 Å². The molecule has 0 aliphatic carbocycles. The second kappa shape index (κ2) is 5.98. The van der Waals surface area contributed by atoms with Crippen molar-refractivity contribution in [3.05, 3.63) is 45.9 Å². The van der Waals surface area contributed by atoms with E-state index in [1.54, 1.807) is 23.5 Å². The van der Waals surface area contributed by atoms with Crippen LogP contribution in [0.15, 0.2) is 30.5 Å². The molecule has 18 heavy (non-hydrogen) atoms. The first-order valence-electron chi connectivity index (χ1n) is 6.12. The Morgan fingerprint density at radius 3 is 2.61 bits per heavy atom. The molecule has 2 rings (SSSR count). The Bertz CT molecular complexity index is 493. The number of rotatable bonds is 5. The Morgan fingerprint density at radius 2 is 2.06 bits per heavy atom. The third-order valence-electron chi connectivity index (χ3n) is 2.90. The van der Waals surface area contributed by atoms with Crippen molar-refractivity contribution in [2.24, 2.45) is 0 Å². The standard InChI is InChI=1S/C14H18N2OS/c1-3-14(11-4-6-12(17)7-5-11)16-9-13-8-15-10(2)18-13/h4-8,14,16-17H,3,9H2,1-2H3. The highest BCUT2D eigenvalue weighted by Crippen LogP contribution is 2.20. The van der Waals surface area contributed by atoms with Gasteiger partial charge in [-0.1, -0.05) is 19.1 Å². The number of phenolic OH excluding ortho intramolecular Hbond substituents is 1. The monoisotopic (exact) mass is 262 g/mol. The van der Waals surface area contributed by atoms with Crippen LogP contribution < -0.4 is 5.32 Å². The average molecular weight is 262 g/mol. The van der Waals surface area contributed by atoms with E-state index in [1.807, 2.05) is 25.3 Å². The van der Waals surface area contributed by atoms with E-state index in [0.29, 0.717) is 11.8 Å². The average Bonchev–Trinajstić information content (AvgIpc) is 2.78. The van der Waals surface area contributed by atoms with Crippen molar-refractivity contribution in [3.8, 4) is 5.75 Å². The van der Waals surface area contributed by atoms with E-state index in [-0.39, 0.29) is 0 Å². The third kappa shape index (κ3) is 3.31. The largest absolute Gasteiger partial charge is 0.508 e. The van der Waals surface area contributed by atoms with Gasteiger partial charge in [0.15, 0.2) is 0 Å². The SMILES string of the molecule is CCC(NCc1cnc(C)s1)c1ccc(O)cc1. The van der Waals surface area contributed by atoms with Crippen LogP contribution in [0.2, 0.25) is 0 Å². The van der Waals surface area contributed by atoms with Crippen LogP contribution in [0, 0.1) is 6.92 Å². The number of nitrogens with zero attached hydrogens (tertiary/aromatic N) is 1. The number of phenols is 1. The van der Waals surface area contributed by atoms with Crippen LogP contribution in [0.25, 0.3) is 0 Å². The van der Waals surface area contributed by atoms with Crippen LogP contribution in [0.5, 0.6) is 5.75 Å². The van der Waals surface area contributed by atoms with Crippen molar-refractivity contribution in [1.82, 2.24) is 10.3 Å². The highest BCUT2D eigenvalue weighted by Gasteiger charge is 2.09. The predicted octanol–water partition coefficient (Wildman–Crippen LogP) is 3.40. The molecule has 4 heteroatoms. The number of thiazole rings is 1. The molecule has 0 saturated heterocycles. The van der Waals surface area contributed by atoms with Gasteiger partial charge in [-0.25, -0.2) is 4.98 Å². The van der Waals surface area contributed by atoms with Crippen molar-refractivity contribution in [2.45, 2.75) is 32.9 Å². The van der Waals surface area contributed by atoms with Crippen molar-refractivity contribution >= 4 is 11.3 Å². The maximum atomic E-state index is 9.29. The molecular formula is C14H18N2OS. The molecule has 0 bridgehead atoms. The van der Waals surface area contributed by atoms with Crippen LogP contribution in [0.4, 0.5) is 0 Å². The number of aryl methyl sites for hydroxylation is 1. The maximum Gasteiger partial charge on any atom is 0.115 e. The molecule has 96 valence electrons. The number of benzene rings is 1. The summed E-state index contributed by atoms with van der Waals surface area (Å²) in [6.07, 6.45) is 2.94. The first-order chi connectivity index (χ1) is 8.69. The van der Waals surface area contributed by atoms with Gasteiger partial charge in [0.1, 0.15) is 5.75 Å². The summed E-state index contributed by atoms with van der Waals surface area (Å²) >= 11 is 1.72. The van der Waals surface area contributed by atoms with E-state index in [0.717, 1.165) is 18.0 Å². The number of nitrogens with one attached hydrogen (secondary N) is 1. The molecule has 1 aromatic heterocycles. The first-order valence-corrected chi connectivity index (χ1v) is 6.94. The van der Waals surface area contributed by atoms with Gasteiger partial charge in [0.2, 0.25) is 0 Å². The zero-order valence-electron chi connectivity index (χ0n) is 10.7. The summed E-state index contributed by atoms with van der Waals surface area (Å²) in [5.41, 5.74) is 1.21. The molecule has 0 saturated carbocycles. The normalized spacial score (nSPS) is 12.6. The molecule has 1 heterocycles. The Hall–Kier alpha value is -1.39. The Balaban J connectivity index is 1.99. The zero-order chi connectivity index (χ0) is 13.0. The van der Waals surface area contributed by atoms with Crippen LogP contribution in [0.1, 0.15) is 34.8 Å². The molecule has 0 aliphatic rings.